The van der Waals surface area contributed by atoms with Crippen LogP contribution in [0.3, 0.4) is 0 Å². The van der Waals surface area contributed by atoms with Gasteiger partial charge in [-0.15, -0.1) is 0 Å². The number of nitrogens with zero attached hydrogens (tertiary/aromatic N) is 1. The SMILES string of the molecule is COc1cc(CN2CC[C@@H](NCc3ccco3)C2)cc(OC)c1. The molecule has 124 valence electrons. The molecule has 0 saturated carbocycles. The number of benzene rings is 1. The molecule has 0 radical (unpaired) electrons. The first kappa shape index (κ1) is 15.9. The van der Waals surface area contributed by atoms with Gasteiger partial charge in [-0.25, -0.2) is 0 Å². The van der Waals surface area contributed by atoms with Crippen LogP contribution in [0, 0.1) is 0 Å². The molecule has 1 aromatic carbocycles. The molecule has 1 N–H and O–H groups in total. The van der Waals surface area contributed by atoms with Crippen LogP contribution in [0.15, 0.2) is 41.0 Å². The molecule has 5 heteroatoms. The van der Waals surface area contributed by atoms with Crippen LogP contribution in [0.25, 0.3) is 0 Å². The van der Waals surface area contributed by atoms with E-state index in [2.05, 4.69) is 22.3 Å². The highest BCUT2D eigenvalue weighted by molar-refractivity contribution is 5.38. The van der Waals surface area contributed by atoms with Gasteiger partial charge in [-0.3, -0.25) is 4.90 Å². The van der Waals surface area contributed by atoms with Crippen LogP contribution in [0.2, 0.25) is 0 Å². The van der Waals surface area contributed by atoms with Gasteiger partial charge in [0.05, 0.1) is 27.0 Å². The molecule has 0 amide bonds. The summed E-state index contributed by atoms with van der Waals surface area (Å²) in [5, 5.41) is 3.56. The van der Waals surface area contributed by atoms with Gasteiger partial charge in [0.1, 0.15) is 17.3 Å². The van der Waals surface area contributed by atoms with Crippen molar-refractivity contribution in [3.8, 4) is 11.5 Å². The molecule has 0 aliphatic carbocycles. The van der Waals surface area contributed by atoms with Crippen LogP contribution in [-0.2, 0) is 13.1 Å². The Morgan fingerprint density at radius 3 is 2.65 bits per heavy atom. The number of hydrogen-bond donors (Lipinski definition) is 1. The van der Waals surface area contributed by atoms with E-state index >= 15 is 0 Å². The van der Waals surface area contributed by atoms with Crippen molar-refractivity contribution in [2.24, 2.45) is 0 Å². The molecule has 0 unspecified atom stereocenters. The van der Waals surface area contributed by atoms with E-state index in [0.717, 1.165) is 49.9 Å². The molecule has 0 spiro atoms. The van der Waals surface area contributed by atoms with Crippen LogP contribution in [0.1, 0.15) is 17.7 Å². The molecule has 1 aliphatic rings. The fourth-order valence-corrected chi connectivity index (χ4v) is 3.02. The molecule has 0 bridgehead atoms. The first-order chi connectivity index (χ1) is 11.3. The van der Waals surface area contributed by atoms with E-state index in [1.54, 1.807) is 20.5 Å². The second-order valence-corrected chi connectivity index (χ2v) is 5.90. The summed E-state index contributed by atoms with van der Waals surface area (Å²) < 4.78 is 16.0. The summed E-state index contributed by atoms with van der Waals surface area (Å²) in [7, 11) is 3.37. The molecule has 23 heavy (non-hydrogen) atoms. The minimum Gasteiger partial charge on any atom is -0.497 e. The van der Waals surface area contributed by atoms with Gasteiger partial charge in [0.15, 0.2) is 0 Å². The average molecular weight is 316 g/mol. The van der Waals surface area contributed by atoms with Crippen molar-refractivity contribution in [3.63, 3.8) is 0 Å². The van der Waals surface area contributed by atoms with E-state index < -0.39 is 0 Å². The maximum atomic E-state index is 5.36. The summed E-state index contributed by atoms with van der Waals surface area (Å²) in [6.07, 6.45) is 2.87. The van der Waals surface area contributed by atoms with E-state index in [0.29, 0.717) is 6.04 Å². The van der Waals surface area contributed by atoms with E-state index in [-0.39, 0.29) is 0 Å². The van der Waals surface area contributed by atoms with Crippen LogP contribution in [0.4, 0.5) is 0 Å². The zero-order chi connectivity index (χ0) is 16.1. The van der Waals surface area contributed by atoms with E-state index in [1.807, 2.05) is 18.2 Å². The summed E-state index contributed by atoms with van der Waals surface area (Å²) in [5.74, 6) is 2.66. The van der Waals surface area contributed by atoms with Gasteiger partial charge in [0.25, 0.3) is 0 Å². The second kappa shape index (κ2) is 7.53. The number of hydrogen-bond acceptors (Lipinski definition) is 5. The quantitative estimate of drug-likeness (QED) is 0.851. The van der Waals surface area contributed by atoms with Crippen molar-refractivity contribution >= 4 is 0 Å². The van der Waals surface area contributed by atoms with Crippen molar-refractivity contribution in [2.75, 3.05) is 27.3 Å². The highest BCUT2D eigenvalue weighted by Gasteiger charge is 2.22. The smallest absolute Gasteiger partial charge is 0.122 e. The maximum absolute atomic E-state index is 5.36. The molecule has 1 atom stereocenters. The van der Waals surface area contributed by atoms with E-state index in [9.17, 15) is 0 Å². The van der Waals surface area contributed by atoms with Crippen molar-refractivity contribution in [2.45, 2.75) is 25.6 Å². The zero-order valence-electron chi connectivity index (χ0n) is 13.7. The Labute approximate surface area is 137 Å². The molecule has 1 fully saturated rings. The molecular formula is C18H24N2O3. The molecule has 1 aliphatic heterocycles. The minimum absolute atomic E-state index is 0.507. The first-order valence-electron chi connectivity index (χ1n) is 7.97. The third kappa shape index (κ3) is 4.27. The van der Waals surface area contributed by atoms with Gasteiger partial charge in [-0.2, -0.15) is 0 Å². The predicted molar refractivity (Wildman–Crippen MR) is 88.8 cm³/mol. The Morgan fingerprint density at radius 2 is 2.00 bits per heavy atom. The van der Waals surface area contributed by atoms with Gasteiger partial charge in [-0.05, 0) is 36.2 Å². The fraction of sp³-hybridized carbons (Fsp3) is 0.444. The predicted octanol–water partition coefficient (Wildman–Crippen LogP) is 2.66. The lowest BCUT2D eigenvalue weighted by molar-refractivity contribution is 0.316. The third-order valence-electron chi connectivity index (χ3n) is 4.23. The minimum atomic E-state index is 0.507. The van der Waals surface area contributed by atoms with Gasteiger partial charge in [-0.1, -0.05) is 0 Å². The number of rotatable bonds is 7. The number of likely N-dealkylation sites (tertiary alicyclic amines) is 1. The summed E-state index contributed by atoms with van der Waals surface area (Å²) in [4.78, 5) is 2.45. The fourth-order valence-electron chi connectivity index (χ4n) is 3.02. The van der Waals surface area contributed by atoms with Crippen LogP contribution >= 0.6 is 0 Å². The van der Waals surface area contributed by atoms with Crippen molar-refractivity contribution < 1.29 is 13.9 Å². The molecule has 5 nitrogen and oxygen atoms in total. The Morgan fingerprint density at radius 1 is 1.22 bits per heavy atom. The molecule has 1 aromatic heterocycles. The Kier molecular flexibility index (Phi) is 5.20. The lowest BCUT2D eigenvalue weighted by Crippen LogP contribution is -2.31. The van der Waals surface area contributed by atoms with E-state index in [4.69, 9.17) is 13.9 Å². The summed E-state index contributed by atoms with van der Waals surface area (Å²) in [6, 6.07) is 10.5. The van der Waals surface area contributed by atoms with Crippen LogP contribution in [-0.4, -0.2) is 38.3 Å². The van der Waals surface area contributed by atoms with Crippen LogP contribution in [0.5, 0.6) is 11.5 Å². The van der Waals surface area contributed by atoms with Gasteiger partial charge < -0.3 is 19.2 Å². The Balaban J connectivity index is 1.53. The van der Waals surface area contributed by atoms with Gasteiger partial charge >= 0.3 is 0 Å². The first-order valence-corrected chi connectivity index (χ1v) is 7.97. The number of furan rings is 1. The van der Waals surface area contributed by atoms with Crippen molar-refractivity contribution in [3.05, 3.63) is 47.9 Å². The van der Waals surface area contributed by atoms with Crippen molar-refractivity contribution in [1.29, 1.82) is 0 Å². The average Bonchev–Trinajstić information content (AvgIpc) is 3.24. The summed E-state index contributed by atoms with van der Waals surface area (Å²) >= 11 is 0. The largest absolute Gasteiger partial charge is 0.497 e. The zero-order valence-corrected chi connectivity index (χ0v) is 13.7. The molecule has 2 heterocycles. The highest BCUT2D eigenvalue weighted by atomic mass is 16.5. The molecule has 1 saturated heterocycles. The number of nitrogens with one attached hydrogen (secondary N) is 1. The monoisotopic (exact) mass is 316 g/mol. The third-order valence-corrected chi connectivity index (χ3v) is 4.23. The summed E-state index contributed by atoms with van der Waals surface area (Å²) in [5.41, 5.74) is 1.22. The number of methoxy groups -OCH3 is 2. The topological polar surface area (TPSA) is 46.9 Å². The Bertz CT molecular complexity index is 590. The normalized spacial score (nSPS) is 18.3. The van der Waals surface area contributed by atoms with Gasteiger partial charge in [0.2, 0.25) is 0 Å². The lowest BCUT2D eigenvalue weighted by atomic mass is 10.2. The highest BCUT2D eigenvalue weighted by Crippen LogP contribution is 2.24. The van der Waals surface area contributed by atoms with Crippen LogP contribution < -0.4 is 14.8 Å². The molecule has 3 rings (SSSR count). The second-order valence-electron chi connectivity index (χ2n) is 5.90. The standard InChI is InChI=1S/C18H24N2O3/c1-21-17-8-14(9-18(10-17)22-2)12-20-6-5-15(13-20)19-11-16-4-3-7-23-16/h3-4,7-10,15,19H,5-6,11-13H2,1-2H3/t15-/m1/s1. The molecule has 2 aromatic rings. The maximum Gasteiger partial charge on any atom is 0.122 e. The number of ether oxygens (including phenoxy) is 2. The lowest BCUT2D eigenvalue weighted by Gasteiger charge is -2.17. The van der Waals surface area contributed by atoms with E-state index in [1.165, 1.54) is 5.56 Å². The Hall–Kier alpha value is -1.98. The molecular weight excluding hydrogens is 292 g/mol. The summed E-state index contributed by atoms with van der Waals surface area (Å²) in [6.45, 7) is 3.83. The van der Waals surface area contributed by atoms with Gasteiger partial charge in [0, 0.05) is 31.7 Å². The van der Waals surface area contributed by atoms with Crippen molar-refractivity contribution in [1.82, 2.24) is 10.2 Å².